The van der Waals surface area contributed by atoms with Crippen LogP contribution in [0.5, 0.6) is 0 Å². The SMILES string of the molecule is CC(C)(F)Cn1ncc(N)n1. The average Bonchev–Trinajstić information content (AvgIpc) is 2.10. The van der Waals surface area contributed by atoms with E-state index in [0.717, 1.165) is 0 Å². The van der Waals surface area contributed by atoms with Gasteiger partial charge in [0.25, 0.3) is 0 Å². The van der Waals surface area contributed by atoms with E-state index < -0.39 is 5.67 Å². The molecule has 0 spiro atoms. The number of rotatable bonds is 2. The summed E-state index contributed by atoms with van der Waals surface area (Å²) in [6, 6.07) is 0. The van der Waals surface area contributed by atoms with Crippen molar-refractivity contribution in [1.82, 2.24) is 15.0 Å². The molecule has 0 saturated carbocycles. The van der Waals surface area contributed by atoms with Crippen LogP contribution in [0.3, 0.4) is 0 Å². The summed E-state index contributed by atoms with van der Waals surface area (Å²) in [5, 5.41) is 7.48. The number of nitrogens with zero attached hydrogens (tertiary/aromatic N) is 3. The monoisotopic (exact) mass is 158 g/mol. The quantitative estimate of drug-likeness (QED) is 0.686. The molecule has 1 aromatic rings. The highest BCUT2D eigenvalue weighted by atomic mass is 19.1. The Kier molecular flexibility index (Phi) is 1.80. The molecule has 0 atom stereocenters. The minimum absolute atomic E-state index is 0.129. The lowest BCUT2D eigenvalue weighted by molar-refractivity contribution is 0.171. The average molecular weight is 158 g/mol. The lowest BCUT2D eigenvalue weighted by Gasteiger charge is -2.11. The van der Waals surface area contributed by atoms with E-state index in [1.54, 1.807) is 0 Å². The Hall–Kier alpha value is -1.13. The summed E-state index contributed by atoms with van der Waals surface area (Å²) in [5.74, 6) is 0.314. The van der Waals surface area contributed by atoms with Crippen molar-refractivity contribution in [3.63, 3.8) is 0 Å². The van der Waals surface area contributed by atoms with Gasteiger partial charge in [0, 0.05) is 0 Å². The number of nitrogens with two attached hydrogens (primary N) is 1. The highest BCUT2D eigenvalue weighted by Crippen LogP contribution is 2.10. The highest BCUT2D eigenvalue weighted by molar-refractivity contribution is 5.19. The fourth-order valence-electron chi connectivity index (χ4n) is 0.723. The van der Waals surface area contributed by atoms with Crippen molar-refractivity contribution in [3.05, 3.63) is 6.20 Å². The van der Waals surface area contributed by atoms with Gasteiger partial charge in [-0.25, -0.2) is 4.39 Å². The lowest BCUT2D eigenvalue weighted by Crippen LogP contribution is -2.22. The van der Waals surface area contributed by atoms with E-state index in [2.05, 4.69) is 10.2 Å². The first-order chi connectivity index (χ1) is 4.97. The van der Waals surface area contributed by atoms with Gasteiger partial charge in [-0.15, -0.1) is 5.10 Å². The third kappa shape index (κ3) is 2.53. The van der Waals surface area contributed by atoms with Gasteiger partial charge in [-0.05, 0) is 13.8 Å². The van der Waals surface area contributed by atoms with Gasteiger partial charge in [0.1, 0.15) is 5.67 Å². The fraction of sp³-hybridized carbons (Fsp3) is 0.667. The normalized spacial score (nSPS) is 11.9. The summed E-state index contributed by atoms with van der Waals surface area (Å²) in [6.45, 7) is 3.06. The molecule has 0 saturated heterocycles. The molecule has 0 aliphatic heterocycles. The second kappa shape index (κ2) is 2.48. The number of halogens is 1. The van der Waals surface area contributed by atoms with Crippen LogP contribution in [0.1, 0.15) is 13.8 Å². The molecule has 5 heteroatoms. The molecule has 0 bridgehead atoms. The molecule has 0 amide bonds. The van der Waals surface area contributed by atoms with E-state index in [1.807, 2.05) is 0 Å². The number of hydrogen-bond acceptors (Lipinski definition) is 3. The Morgan fingerprint density at radius 1 is 1.73 bits per heavy atom. The Morgan fingerprint density at radius 3 is 2.73 bits per heavy atom. The number of aromatic nitrogens is 3. The molecule has 1 aromatic heterocycles. The molecular formula is C6H11FN4. The molecule has 1 rings (SSSR count). The second-order valence-corrected chi connectivity index (χ2v) is 3.02. The molecule has 0 aliphatic carbocycles. The van der Waals surface area contributed by atoms with Crippen LogP contribution in [0.4, 0.5) is 10.2 Å². The number of nitrogen functional groups attached to an aromatic ring is 1. The molecule has 62 valence electrons. The van der Waals surface area contributed by atoms with E-state index in [9.17, 15) is 4.39 Å². The molecule has 0 aliphatic rings. The summed E-state index contributed by atoms with van der Waals surface area (Å²) in [7, 11) is 0. The number of alkyl halides is 1. The first kappa shape index (κ1) is 7.97. The summed E-state index contributed by atoms with van der Waals surface area (Å²) in [4.78, 5) is 1.25. The van der Waals surface area contributed by atoms with Crippen molar-refractivity contribution in [2.45, 2.75) is 26.1 Å². The lowest BCUT2D eigenvalue weighted by atomic mass is 10.2. The summed E-state index contributed by atoms with van der Waals surface area (Å²) < 4.78 is 12.9. The van der Waals surface area contributed by atoms with Crippen molar-refractivity contribution in [1.29, 1.82) is 0 Å². The van der Waals surface area contributed by atoms with Gasteiger partial charge in [-0.2, -0.15) is 9.90 Å². The van der Waals surface area contributed by atoms with Crippen molar-refractivity contribution in [3.8, 4) is 0 Å². The van der Waals surface area contributed by atoms with E-state index in [0.29, 0.717) is 5.82 Å². The van der Waals surface area contributed by atoms with E-state index in [1.165, 1.54) is 24.8 Å². The molecule has 0 fully saturated rings. The van der Waals surface area contributed by atoms with Crippen molar-refractivity contribution >= 4 is 5.82 Å². The predicted octanol–water partition coefficient (Wildman–Crippen LogP) is 0.608. The number of hydrogen-bond donors (Lipinski definition) is 1. The molecule has 0 unspecified atom stereocenters. The van der Waals surface area contributed by atoms with E-state index >= 15 is 0 Å². The van der Waals surface area contributed by atoms with Crippen LogP contribution in [-0.2, 0) is 6.54 Å². The zero-order valence-corrected chi connectivity index (χ0v) is 6.58. The highest BCUT2D eigenvalue weighted by Gasteiger charge is 2.17. The standard InChI is InChI=1S/C6H11FN4/c1-6(2,7)4-11-9-3-5(8)10-11/h3H,4H2,1-2H3,(H2,8,10). The molecule has 0 radical (unpaired) electrons. The first-order valence-corrected chi connectivity index (χ1v) is 3.32. The van der Waals surface area contributed by atoms with Crippen molar-refractivity contribution in [2.75, 3.05) is 5.73 Å². The largest absolute Gasteiger partial charge is 0.381 e. The maximum atomic E-state index is 12.9. The molecule has 0 aromatic carbocycles. The van der Waals surface area contributed by atoms with E-state index in [-0.39, 0.29) is 6.54 Å². The maximum absolute atomic E-state index is 12.9. The van der Waals surface area contributed by atoms with Crippen molar-refractivity contribution in [2.24, 2.45) is 0 Å². The van der Waals surface area contributed by atoms with Gasteiger partial charge < -0.3 is 5.73 Å². The zero-order valence-electron chi connectivity index (χ0n) is 6.58. The van der Waals surface area contributed by atoms with Crippen LogP contribution < -0.4 is 5.73 Å². The smallest absolute Gasteiger partial charge is 0.165 e. The molecule has 1 heterocycles. The molecular weight excluding hydrogens is 147 g/mol. The van der Waals surface area contributed by atoms with Gasteiger partial charge in [0.15, 0.2) is 5.82 Å². The van der Waals surface area contributed by atoms with E-state index in [4.69, 9.17) is 5.73 Å². The third-order valence-corrected chi connectivity index (χ3v) is 1.07. The van der Waals surface area contributed by atoms with Gasteiger partial charge in [0.05, 0.1) is 12.7 Å². The third-order valence-electron chi connectivity index (χ3n) is 1.07. The molecule has 11 heavy (non-hydrogen) atoms. The predicted molar refractivity (Wildman–Crippen MR) is 39.6 cm³/mol. The van der Waals surface area contributed by atoms with Gasteiger partial charge >= 0.3 is 0 Å². The minimum Gasteiger partial charge on any atom is -0.381 e. The summed E-state index contributed by atoms with van der Waals surface area (Å²) in [5.41, 5.74) is 3.98. The van der Waals surface area contributed by atoms with Crippen LogP contribution in [-0.4, -0.2) is 20.7 Å². The second-order valence-electron chi connectivity index (χ2n) is 3.02. The number of anilines is 1. The van der Waals surface area contributed by atoms with Crippen LogP contribution in [0.2, 0.25) is 0 Å². The van der Waals surface area contributed by atoms with Crippen LogP contribution in [0.25, 0.3) is 0 Å². The molecule has 2 N–H and O–H groups in total. The zero-order chi connectivity index (χ0) is 8.48. The van der Waals surface area contributed by atoms with Crippen LogP contribution >= 0.6 is 0 Å². The molecule has 4 nitrogen and oxygen atoms in total. The fourth-order valence-corrected chi connectivity index (χ4v) is 0.723. The van der Waals surface area contributed by atoms with Crippen LogP contribution in [0, 0.1) is 0 Å². The van der Waals surface area contributed by atoms with Gasteiger partial charge in [-0.1, -0.05) is 0 Å². The Balaban J connectivity index is 2.65. The summed E-state index contributed by atoms with van der Waals surface area (Å²) in [6.07, 6.45) is 1.39. The van der Waals surface area contributed by atoms with Gasteiger partial charge in [0.2, 0.25) is 0 Å². The Morgan fingerprint density at radius 2 is 2.36 bits per heavy atom. The topological polar surface area (TPSA) is 56.7 Å². The van der Waals surface area contributed by atoms with Gasteiger partial charge in [-0.3, -0.25) is 0 Å². The Bertz CT molecular complexity index is 237. The summed E-state index contributed by atoms with van der Waals surface area (Å²) >= 11 is 0. The van der Waals surface area contributed by atoms with Crippen molar-refractivity contribution < 1.29 is 4.39 Å². The van der Waals surface area contributed by atoms with Crippen LogP contribution in [0.15, 0.2) is 6.20 Å². The minimum atomic E-state index is -1.30. The maximum Gasteiger partial charge on any atom is 0.165 e. The first-order valence-electron chi connectivity index (χ1n) is 3.32. The Labute approximate surface area is 64.2 Å².